The molecule has 0 radical (unpaired) electrons. The maximum atomic E-state index is 14.3. The largest absolute Gasteiger partial charge is 0.435 e. The summed E-state index contributed by atoms with van der Waals surface area (Å²) in [6.45, 7) is -0.699. The summed E-state index contributed by atoms with van der Waals surface area (Å²) in [5, 5.41) is 4.84. The Hall–Kier alpha value is -2.89. The van der Waals surface area contributed by atoms with Crippen LogP contribution in [-0.4, -0.2) is 70.4 Å². The lowest BCUT2D eigenvalue weighted by Crippen LogP contribution is -2.61. The van der Waals surface area contributed by atoms with Gasteiger partial charge in [-0.1, -0.05) is 28.4 Å². The number of halogens is 8. The Morgan fingerprint density at radius 3 is 2.42 bits per heavy atom. The van der Waals surface area contributed by atoms with Gasteiger partial charge in [0.25, 0.3) is 21.5 Å². The molecule has 1 fully saturated rings. The summed E-state index contributed by atoms with van der Waals surface area (Å²) in [6, 6.07) is 0.811. The fourth-order valence-electron chi connectivity index (χ4n) is 4.39. The van der Waals surface area contributed by atoms with Gasteiger partial charge in [0.2, 0.25) is 5.82 Å². The highest BCUT2D eigenvalue weighted by atomic mass is 35.5. The molecule has 0 aliphatic carbocycles. The number of nitrogens with one attached hydrogen (secondary N) is 1. The summed E-state index contributed by atoms with van der Waals surface area (Å²) in [5.41, 5.74) is -2.71. The minimum absolute atomic E-state index is 0.0430. The number of benzene rings is 1. The van der Waals surface area contributed by atoms with E-state index in [1.54, 1.807) is 0 Å². The van der Waals surface area contributed by atoms with Gasteiger partial charge in [-0.15, -0.1) is 0 Å². The maximum Gasteiger partial charge on any atom is 0.435 e. The topological polar surface area (TPSA) is 117 Å². The van der Waals surface area contributed by atoms with Gasteiger partial charge < -0.3 is 15.1 Å². The number of fused-ring (bicyclic) bond motifs is 1. The van der Waals surface area contributed by atoms with E-state index in [9.17, 15) is 39.6 Å². The van der Waals surface area contributed by atoms with E-state index in [-0.39, 0.29) is 37.8 Å². The molecule has 1 unspecified atom stereocenters. The van der Waals surface area contributed by atoms with E-state index in [2.05, 4.69) is 20.4 Å². The molecule has 1 saturated heterocycles. The lowest BCUT2D eigenvalue weighted by molar-refractivity contribution is -0.275. The number of sulfonamides is 1. The molecule has 1 aromatic heterocycles. The zero-order chi connectivity index (χ0) is 29.2. The molecule has 0 bridgehead atoms. The molecule has 40 heavy (non-hydrogen) atoms. The average Bonchev–Trinajstić information content (AvgIpc) is 3.48. The van der Waals surface area contributed by atoms with Crippen LogP contribution in [0.15, 0.2) is 23.5 Å². The van der Waals surface area contributed by atoms with E-state index in [1.807, 2.05) is 0 Å². The number of carbonyl (C=O) groups excluding carboxylic acids is 1. The van der Waals surface area contributed by atoms with E-state index < -0.39 is 67.4 Å². The van der Waals surface area contributed by atoms with Crippen LogP contribution in [0.25, 0.3) is 0 Å². The van der Waals surface area contributed by atoms with Gasteiger partial charge in [-0.3, -0.25) is 4.79 Å². The Labute approximate surface area is 231 Å². The molecule has 3 aliphatic heterocycles. The van der Waals surface area contributed by atoms with Crippen LogP contribution in [0.1, 0.15) is 33.9 Å². The molecule has 216 valence electrons. The van der Waals surface area contributed by atoms with Gasteiger partial charge in [-0.25, -0.2) is 22.8 Å². The molecule has 2 aromatic rings. The van der Waals surface area contributed by atoms with Gasteiger partial charge in [0.1, 0.15) is 5.84 Å². The molecule has 1 N–H and O–H groups in total. The number of nitrogens with zero attached hydrogens (tertiary/aromatic N) is 5. The molecule has 1 aromatic carbocycles. The third-order valence-electron chi connectivity index (χ3n) is 6.61. The highest BCUT2D eigenvalue weighted by Gasteiger charge is 2.63. The van der Waals surface area contributed by atoms with Gasteiger partial charge in [-0.05, 0) is 12.1 Å². The molecule has 5 rings (SSSR count). The molecular formula is C21H16Cl2F6N6O4S. The van der Waals surface area contributed by atoms with E-state index >= 15 is 0 Å². The van der Waals surface area contributed by atoms with Crippen molar-refractivity contribution in [3.8, 4) is 0 Å². The van der Waals surface area contributed by atoms with Crippen molar-refractivity contribution in [2.75, 3.05) is 13.1 Å². The Balaban J connectivity index is 1.27. The summed E-state index contributed by atoms with van der Waals surface area (Å²) >= 11 is 11.4. The fourth-order valence-corrected chi connectivity index (χ4v) is 5.88. The second-order valence-electron chi connectivity index (χ2n) is 9.17. The first-order chi connectivity index (χ1) is 18.6. The standard InChI is InChI=1S/C21H16Cl2F6N6O4S/c22-12-1-10(2-13(23)16(12)24)20(21(27,28)29)3-15(33-39-20)34-5-9-4-30-17(32-14(9)8-34)18(36)31-11-6-35(7-11)40(37,38)19(25)26/h1-2,4,11,19H,3,5-8H2,(H,31,36). The van der Waals surface area contributed by atoms with Crippen LogP contribution in [0.2, 0.25) is 10.0 Å². The quantitative estimate of drug-likeness (QED) is 0.397. The van der Waals surface area contributed by atoms with Crippen molar-refractivity contribution in [1.82, 2.24) is 24.5 Å². The lowest BCUT2D eigenvalue weighted by atomic mass is 9.89. The Morgan fingerprint density at radius 2 is 1.82 bits per heavy atom. The predicted molar refractivity (Wildman–Crippen MR) is 126 cm³/mol. The highest BCUT2D eigenvalue weighted by Crippen LogP contribution is 2.50. The van der Waals surface area contributed by atoms with Crippen LogP contribution in [0.4, 0.5) is 26.3 Å². The number of aromatic nitrogens is 2. The van der Waals surface area contributed by atoms with Crippen molar-refractivity contribution in [3.05, 3.63) is 56.8 Å². The molecule has 1 amide bonds. The SMILES string of the molecule is O=C(NC1CN(S(=O)(=O)C(F)F)C1)c1ncc2c(n1)CN(C1=NOC(c3cc(Cl)c(F)c(Cl)c3)(C(F)(F)F)C1)C2. The van der Waals surface area contributed by atoms with Gasteiger partial charge in [-0.2, -0.15) is 26.3 Å². The Bertz CT molecular complexity index is 1500. The maximum absolute atomic E-state index is 14.3. The molecule has 0 spiro atoms. The van der Waals surface area contributed by atoms with Crippen molar-refractivity contribution in [2.24, 2.45) is 5.16 Å². The molecule has 19 heteroatoms. The van der Waals surface area contributed by atoms with Crippen molar-refractivity contribution in [1.29, 1.82) is 0 Å². The van der Waals surface area contributed by atoms with Crippen LogP contribution in [-0.2, 0) is 33.6 Å². The number of amides is 1. The summed E-state index contributed by atoms with van der Waals surface area (Å²) in [5.74, 6) is -5.85. The van der Waals surface area contributed by atoms with Crippen LogP contribution >= 0.6 is 23.2 Å². The summed E-state index contributed by atoms with van der Waals surface area (Å²) in [4.78, 5) is 27.0. The summed E-state index contributed by atoms with van der Waals surface area (Å²) in [6.07, 6.45) is -4.48. The van der Waals surface area contributed by atoms with E-state index in [1.165, 1.54) is 11.1 Å². The first kappa shape index (κ1) is 28.6. The number of hydrogen-bond acceptors (Lipinski definition) is 8. The van der Waals surface area contributed by atoms with Crippen molar-refractivity contribution < 1.29 is 44.4 Å². The lowest BCUT2D eigenvalue weighted by Gasteiger charge is -2.37. The Kier molecular flexibility index (Phi) is 7.07. The third-order valence-corrected chi connectivity index (χ3v) is 8.63. The van der Waals surface area contributed by atoms with Crippen LogP contribution < -0.4 is 5.32 Å². The average molecular weight is 633 g/mol. The zero-order valence-electron chi connectivity index (χ0n) is 19.7. The number of amidine groups is 1. The first-order valence-electron chi connectivity index (χ1n) is 11.3. The van der Waals surface area contributed by atoms with Crippen molar-refractivity contribution in [3.63, 3.8) is 0 Å². The molecule has 3 aliphatic rings. The number of alkyl halides is 5. The van der Waals surface area contributed by atoms with Gasteiger partial charge >= 0.3 is 11.9 Å². The molecular weight excluding hydrogens is 617 g/mol. The number of carbonyl (C=O) groups is 1. The monoisotopic (exact) mass is 632 g/mol. The van der Waals surface area contributed by atoms with Gasteiger partial charge in [0.05, 0.1) is 34.7 Å². The Morgan fingerprint density at radius 1 is 1.18 bits per heavy atom. The predicted octanol–water partition coefficient (Wildman–Crippen LogP) is 3.40. The fraction of sp³-hybridized carbons (Fsp3) is 0.429. The summed E-state index contributed by atoms with van der Waals surface area (Å²) in [7, 11) is -4.75. The van der Waals surface area contributed by atoms with E-state index in [0.29, 0.717) is 15.6 Å². The van der Waals surface area contributed by atoms with Crippen molar-refractivity contribution in [2.45, 2.75) is 43.1 Å². The van der Waals surface area contributed by atoms with Gasteiger partial charge in [0, 0.05) is 37.0 Å². The molecule has 1 atom stereocenters. The van der Waals surface area contributed by atoms with E-state index in [0.717, 1.165) is 12.1 Å². The third kappa shape index (κ3) is 4.81. The zero-order valence-corrected chi connectivity index (χ0v) is 22.1. The number of hydrogen-bond donors (Lipinski definition) is 1. The molecule has 4 heterocycles. The van der Waals surface area contributed by atoms with E-state index in [4.69, 9.17) is 28.0 Å². The van der Waals surface area contributed by atoms with Crippen LogP contribution in [0, 0.1) is 5.82 Å². The normalized spacial score (nSPS) is 21.7. The minimum atomic E-state index is -4.99. The number of rotatable bonds is 5. The van der Waals surface area contributed by atoms with Crippen LogP contribution in [0.5, 0.6) is 0 Å². The summed E-state index contributed by atoms with van der Waals surface area (Å²) < 4.78 is 105. The number of oxime groups is 1. The second kappa shape index (κ2) is 9.88. The molecule has 10 nitrogen and oxygen atoms in total. The second-order valence-corrected chi connectivity index (χ2v) is 11.9. The smallest absolute Gasteiger partial charge is 0.372 e. The van der Waals surface area contributed by atoms with Crippen molar-refractivity contribution >= 4 is 45.0 Å². The highest BCUT2D eigenvalue weighted by molar-refractivity contribution is 7.89. The van der Waals surface area contributed by atoms with Gasteiger partial charge in [0.15, 0.2) is 5.82 Å². The first-order valence-corrected chi connectivity index (χ1v) is 13.5. The minimum Gasteiger partial charge on any atom is -0.372 e. The molecule has 0 saturated carbocycles. The van der Waals surface area contributed by atoms with Crippen LogP contribution in [0.3, 0.4) is 0 Å².